The van der Waals surface area contributed by atoms with Gasteiger partial charge in [0.25, 0.3) is 0 Å². The third-order valence-corrected chi connectivity index (χ3v) is 23.0. The fourth-order valence-electron chi connectivity index (χ4n) is 17.0. The normalized spacial score (nSPS) is 12.1. The SMILES string of the molecule is c1cc(-c2ccc3oc4nc(-c5cccc6ccccc56)cnc4c3c2)cc(-c2cccc3c2sc2ccccc23)c1.c1ccc(-n2c3ccccc3c3cc4c(cc32)c2ccccc2n4-c2ccc3oc4nc(-n5c6ccccc6c6cc7c(cc65)c5ccccc5n7-c5ccccc5)cnc4c3c2)cc1. The second-order valence-electron chi connectivity index (χ2n) is 27.6. The zero-order valence-corrected chi connectivity index (χ0v) is 58.0. The number of hydrogen-bond acceptors (Lipinski definition) is 7. The Bertz CT molecular complexity index is 7840. The van der Waals surface area contributed by atoms with Crippen LogP contribution in [0.25, 0.3) is 219 Å². The first kappa shape index (κ1) is 59.3. The Morgan fingerprint density at radius 1 is 0.262 bits per heavy atom. The van der Waals surface area contributed by atoms with Crippen LogP contribution in [0.4, 0.5) is 0 Å². The van der Waals surface area contributed by atoms with Gasteiger partial charge in [-0.1, -0.05) is 212 Å². The van der Waals surface area contributed by atoms with Gasteiger partial charge < -0.3 is 22.5 Å². The minimum absolute atomic E-state index is 0.500. The van der Waals surface area contributed by atoms with Crippen molar-refractivity contribution >= 4 is 174 Å². The number of para-hydroxylation sites is 6. The minimum atomic E-state index is 0.500. The van der Waals surface area contributed by atoms with E-state index >= 15 is 0 Å². The van der Waals surface area contributed by atoms with Crippen LogP contribution in [-0.2, 0) is 0 Å². The van der Waals surface area contributed by atoms with Gasteiger partial charge in [-0.25, -0.2) is 15.0 Å². The number of nitrogens with zero attached hydrogens (tertiary/aromatic N) is 8. The van der Waals surface area contributed by atoms with Crippen LogP contribution < -0.4 is 0 Å². The van der Waals surface area contributed by atoms with Gasteiger partial charge in [0.15, 0.2) is 5.82 Å². The standard InChI is InChI=1S/C58H34N6O.C38H22N2OS/c1-3-15-35(16-4-1)61-47-23-11-7-19-38(47)42-31-53-43(30-51(42)61)40-21-9-13-25-49(40)63(53)37-27-28-55-46(29-37)57-58(65-55)60-56(34-59-57)64-50-26-14-10-22-41(50)45-32-52-44(33-54(45)64)39-20-8-12-24-48(39)62(52)36-17-5-2-6-18-36;1-2-12-27-23(8-1)9-6-15-29(27)33-22-39-36-32-21-25(18-19-34(32)41-38(36)40-33)24-10-5-11-26(20-24)28-14-7-16-31-30-13-3-4-17-35(30)42-37(28)31/h1-34H;1-22H. The molecule has 0 amide bonds. The second-order valence-corrected chi connectivity index (χ2v) is 28.7. The van der Waals surface area contributed by atoms with Crippen molar-refractivity contribution in [3.8, 4) is 56.4 Å². The molecule has 0 fully saturated rings. The smallest absolute Gasteiger partial charge is 0.248 e. The van der Waals surface area contributed by atoms with E-state index in [9.17, 15) is 0 Å². The van der Waals surface area contributed by atoms with Gasteiger partial charge in [0.1, 0.15) is 22.2 Å². The van der Waals surface area contributed by atoms with E-state index in [-0.39, 0.29) is 0 Å². The molecule has 0 atom stereocenters. The highest BCUT2D eigenvalue weighted by molar-refractivity contribution is 7.26. The summed E-state index contributed by atoms with van der Waals surface area (Å²) in [5.41, 5.74) is 23.1. The molecule has 0 radical (unpaired) electrons. The van der Waals surface area contributed by atoms with E-state index < -0.39 is 0 Å². The maximum absolute atomic E-state index is 6.59. The van der Waals surface area contributed by atoms with Crippen molar-refractivity contribution < 1.29 is 8.83 Å². The van der Waals surface area contributed by atoms with E-state index in [1.807, 2.05) is 29.8 Å². The average molecular weight is 1390 g/mol. The summed E-state index contributed by atoms with van der Waals surface area (Å²) in [5.74, 6) is 0.704. The highest BCUT2D eigenvalue weighted by Gasteiger charge is 2.24. The van der Waals surface area contributed by atoms with Crippen molar-refractivity contribution in [3.63, 3.8) is 0 Å². The highest BCUT2D eigenvalue weighted by Crippen LogP contribution is 2.46. The van der Waals surface area contributed by atoms with E-state index in [1.165, 1.54) is 85.6 Å². The summed E-state index contributed by atoms with van der Waals surface area (Å²) in [6.45, 7) is 0. The molecular formula is C96H56N8O2S. The predicted octanol–water partition coefficient (Wildman–Crippen LogP) is 25.7. The predicted molar refractivity (Wildman–Crippen MR) is 443 cm³/mol. The lowest BCUT2D eigenvalue weighted by molar-refractivity contribution is 0.651. The molecule has 0 spiro atoms. The Morgan fingerprint density at radius 3 is 1.35 bits per heavy atom. The first-order valence-electron chi connectivity index (χ1n) is 36.0. The Hall–Kier alpha value is -14.3. The van der Waals surface area contributed by atoms with E-state index in [1.54, 1.807) is 0 Å². The summed E-state index contributed by atoms with van der Waals surface area (Å²) < 4.78 is 24.8. The van der Waals surface area contributed by atoms with E-state index in [4.69, 9.17) is 28.8 Å². The summed E-state index contributed by atoms with van der Waals surface area (Å²) in [5, 5.41) is 16.4. The number of hydrogen-bond donors (Lipinski definition) is 0. The number of thiophene rings is 1. The van der Waals surface area contributed by atoms with Crippen LogP contribution in [0.5, 0.6) is 0 Å². The number of rotatable bonds is 7. The molecule has 0 saturated heterocycles. The van der Waals surface area contributed by atoms with Crippen LogP contribution in [-0.4, -0.2) is 38.2 Å². The lowest BCUT2D eigenvalue weighted by Gasteiger charge is -2.09. The molecule has 0 aliphatic carbocycles. The molecule has 9 aromatic heterocycles. The van der Waals surface area contributed by atoms with Crippen molar-refractivity contribution in [3.05, 3.63) is 340 Å². The molecule has 107 heavy (non-hydrogen) atoms. The quantitative estimate of drug-likeness (QED) is 0.158. The van der Waals surface area contributed by atoms with Crippen molar-refractivity contribution in [1.82, 2.24) is 38.2 Å². The fraction of sp³-hybridized carbons (Fsp3) is 0. The van der Waals surface area contributed by atoms with Gasteiger partial charge in [-0.2, -0.15) is 4.98 Å². The van der Waals surface area contributed by atoms with Gasteiger partial charge in [0, 0.05) is 91.3 Å². The van der Waals surface area contributed by atoms with E-state index in [0.717, 1.165) is 116 Å². The number of aromatic nitrogens is 8. The van der Waals surface area contributed by atoms with Crippen LogP contribution in [0.2, 0.25) is 0 Å². The van der Waals surface area contributed by atoms with Gasteiger partial charge in [-0.3, -0.25) is 4.57 Å². The Labute approximate surface area is 613 Å². The van der Waals surface area contributed by atoms with Crippen LogP contribution in [0, 0.1) is 0 Å². The molecule has 11 heteroatoms. The number of fused-ring (bicyclic) bond motifs is 22. The monoisotopic (exact) mass is 1380 g/mol. The molecule has 0 unspecified atom stereocenters. The summed E-state index contributed by atoms with van der Waals surface area (Å²) in [4.78, 5) is 20.2. The summed E-state index contributed by atoms with van der Waals surface area (Å²) >= 11 is 1.86. The molecule has 0 aliphatic rings. The van der Waals surface area contributed by atoms with Gasteiger partial charge in [0.2, 0.25) is 11.4 Å². The lowest BCUT2D eigenvalue weighted by Crippen LogP contribution is -1.98. The molecule has 0 bridgehead atoms. The second kappa shape index (κ2) is 23.1. The van der Waals surface area contributed by atoms with Crippen molar-refractivity contribution in [2.75, 3.05) is 0 Å². The molecule has 10 nitrogen and oxygen atoms in total. The molecule has 498 valence electrons. The lowest BCUT2D eigenvalue weighted by atomic mass is 9.97. The molecule has 0 N–H and O–H groups in total. The first-order valence-corrected chi connectivity index (χ1v) is 36.8. The van der Waals surface area contributed by atoms with Gasteiger partial charge in [-0.15, -0.1) is 11.3 Å². The minimum Gasteiger partial charge on any atom is -0.436 e. The van der Waals surface area contributed by atoms with Crippen LogP contribution in [0.15, 0.2) is 349 Å². The summed E-state index contributed by atoms with van der Waals surface area (Å²) in [7, 11) is 0. The first-order chi connectivity index (χ1) is 53.0. The van der Waals surface area contributed by atoms with Crippen LogP contribution in [0.3, 0.4) is 0 Å². The van der Waals surface area contributed by atoms with Crippen molar-refractivity contribution in [1.29, 1.82) is 0 Å². The van der Waals surface area contributed by atoms with Crippen LogP contribution >= 0.6 is 11.3 Å². The molecule has 0 aliphatic heterocycles. The molecule has 15 aromatic carbocycles. The topological polar surface area (TPSA) is 97.6 Å². The van der Waals surface area contributed by atoms with Crippen molar-refractivity contribution in [2.45, 2.75) is 0 Å². The maximum atomic E-state index is 6.59. The fourth-order valence-corrected chi connectivity index (χ4v) is 18.2. The molecule has 24 rings (SSSR count). The highest BCUT2D eigenvalue weighted by atomic mass is 32.1. The van der Waals surface area contributed by atoms with Gasteiger partial charge >= 0.3 is 0 Å². The number of furan rings is 2. The molecule has 24 aromatic rings. The molecule has 0 saturated carbocycles. The summed E-state index contributed by atoms with van der Waals surface area (Å²) in [6, 6.07) is 117. The number of benzene rings is 15. The third kappa shape index (κ3) is 9.05. The third-order valence-electron chi connectivity index (χ3n) is 21.8. The van der Waals surface area contributed by atoms with E-state index in [0.29, 0.717) is 17.2 Å². The Kier molecular flexibility index (Phi) is 12.8. The molecule has 9 heterocycles. The zero-order valence-electron chi connectivity index (χ0n) is 57.1. The summed E-state index contributed by atoms with van der Waals surface area (Å²) in [6.07, 6.45) is 3.75. The van der Waals surface area contributed by atoms with Gasteiger partial charge in [0.05, 0.1) is 67.6 Å². The maximum Gasteiger partial charge on any atom is 0.248 e. The Morgan fingerprint density at radius 2 is 0.710 bits per heavy atom. The average Bonchev–Trinajstić information content (AvgIpc) is 1.56. The Balaban J connectivity index is 0.000000142. The molecular weight excluding hydrogens is 1330 g/mol. The van der Waals surface area contributed by atoms with Gasteiger partial charge in [-0.05, 0) is 148 Å². The van der Waals surface area contributed by atoms with Crippen molar-refractivity contribution in [2.24, 2.45) is 0 Å². The zero-order chi connectivity index (χ0) is 70.0. The van der Waals surface area contributed by atoms with Crippen LogP contribution in [0.1, 0.15) is 0 Å². The largest absolute Gasteiger partial charge is 0.436 e. The van der Waals surface area contributed by atoms with E-state index in [2.05, 4.69) is 340 Å².